The molecule has 0 aromatic heterocycles. The van der Waals surface area contributed by atoms with E-state index in [2.05, 4.69) is 102 Å². The van der Waals surface area contributed by atoms with Crippen molar-refractivity contribution in [1.29, 1.82) is 0 Å². The van der Waals surface area contributed by atoms with E-state index in [9.17, 15) is 5.53 Å². The molecule has 0 unspecified atom stereocenters. The van der Waals surface area contributed by atoms with E-state index in [1.165, 1.54) is 16.7 Å². The Morgan fingerprint density at radius 1 is 0.778 bits per heavy atom. The van der Waals surface area contributed by atoms with Crippen LogP contribution in [0.5, 0.6) is 0 Å². The molecule has 0 bridgehead atoms. The second-order valence-corrected chi connectivity index (χ2v) is 10.5. The van der Waals surface area contributed by atoms with Gasteiger partial charge in [-0.15, -0.1) is 0 Å². The maximum Gasteiger partial charge on any atom is 0.348 e. The Morgan fingerprint density at radius 2 is 1.11 bits per heavy atom. The standard InChI is InChI=1S/C22H39N4P/c1-14(2)25(15(3)4)27(26(16(5)6)17(7)8)22(24-23)21-19(10)12-18(9)13-20(21)11/h12-17H,1-11H3. The third-order valence-corrected chi connectivity index (χ3v) is 8.15. The average molecular weight is 391 g/mol. The number of benzene rings is 1. The summed E-state index contributed by atoms with van der Waals surface area (Å²) >= 11 is 0. The lowest BCUT2D eigenvalue weighted by atomic mass is 10.0. The fourth-order valence-corrected chi connectivity index (χ4v) is 7.19. The summed E-state index contributed by atoms with van der Waals surface area (Å²) in [4.78, 5) is 3.94. The summed E-state index contributed by atoms with van der Waals surface area (Å²) in [6.45, 7) is 24.2. The van der Waals surface area contributed by atoms with Crippen molar-refractivity contribution >= 4 is 13.7 Å². The highest BCUT2D eigenvalue weighted by molar-refractivity contribution is 7.71. The van der Waals surface area contributed by atoms with Crippen LogP contribution in [0.25, 0.3) is 5.53 Å². The van der Waals surface area contributed by atoms with E-state index in [4.69, 9.17) is 0 Å². The molecule has 4 nitrogen and oxygen atoms in total. The molecule has 27 heavy (non-hydrogen) atoms. The third kappa shape index (κ3) is 5.48. The minimum Gasteiger partial charge on any atom is -0.361 e. The van der Waals surface area contributed by atoms with Crippen molar-refractivity contribution in [3.8, 4) is 0 Å². The molecule has 0 aliphatic heterocycles. The van der Waals surface area contributed by atoms with Gasteiger partial charge in [-0.3, -0.25) is 9.34 Å². The number of hydrogen-bond donors (Lipinski definition) is 0. The summed E-state index contributed by atoms with van der Waals surface area (Å²) in [5, 5.41) is 0. The molecule has 0 saturated carbocycles. The Labute approximate surface area is 168 Å². The molecule has 5 heteroatoms. The Balaban J connectivity index is 3.78. The van der Waals surface area contributed by atoms with E-state index in [0.717, 1.165) is 11.0 Å². The van der Waals surface area contributed by atoms with Gasteiger partial charge in [0.2, 0.25) is 0 Å². The van der Waals surface area contributed by atoms with Crippen LogP contribution in [-0.4, -0.2) is 43.8 Å². The molecular formula is C22H39N4P. The number of rotatable bonds is 8. The Kier molecular flexibility index (Phi) is 8.83. The van der Waals surface area contributed by atoms with E-state index in [1.807, 2.05) is 0 Å². The first kappa shape index (κ1) is 24.0. The molecule has 0 atom stereocenters. The van der Waals surface area contributed by atoms with E-state index >= 15 is 0 Å². The maximum atomic E-state index is 10.2. The topological polar surface area (TPSA) is 42.9 Å². The van der Waals surface area contributed by atoms with Gasteiger partial charge in [0.05, 0.1) is 5.56 Å². The lowest BCUT2D eigenvalue weighted by molar-refractivity contribution is -0.000580. The first-order chi connectivity index (χ1) is 12.4. The van der Waals surface area contributed by atoms with Crippen molar-refractivity contribution in [2.75, 3.05) is 0 Å². The van der Waals surface area contributed by atoms with Crippen LogP contribution < -0.4 is 0 Å². The zero-order chi connectivity index (χ0) is 21.0. The minimum absolute atomic E-state index is 0.346. The zero-order valence-corrected chi connectivity index (χ0v) is 20.1. The lowest BCUT2D eigenvalue weighted by Crippen LogP contribution is -2.45. The molecule has 0 fully saturated rings. The predicted octanol–water partition coefficient (Wildman–Crippen LogP) is 6.14. The SMILES string of the molecule is Cc1cc(C)c(C(=[N+]=[N-])P(N(C(C)C)C(C)C)N(C(C)C)C(C)C)c(C)c1. The summed E-state index contributed by atoms with van der Waals surface area (Å²) < 4.78 is 5.03. The lowest BCUT2D eigenvalue weighted by Gasteiger charge is -2.44. The van der Waals surface area contributed by atoms with Crippen molar-refractivity contribution < 1.29 is 4.79 Å². The van der Waals surface area contributed by atoms with Gasteiger partial charge in [0.1, 0.15) is 0 Å². The normalized spacial score (nSPS) is 12.4. The van der Waals surface area contributed by atoms with Gasteiger partial charge < -0.3 is 5.53 Å². The van der Waals surface area contributed by atoms with Crippen LogP contribution in [0.4, 0.5) is 0 Å². The Morgan fingerprint density at radius 3 is 1.37 bits per heavy atom. The van der Waals surface area contributed by atoms with Crippen molar-refractivity contribution in [3.63, 3.8) is 0 Å². The summed E-state index contributed by atoms with van der Waals surface area (Å²) in [7, 11) is -0.961. The molecule has 0 aliphatic carbocycles. The van der Waals surface area contributed by atoms with Gasteiger partial charge in [-0.1, -0.05) is 17.7 Å². The van der Waals surface area contributed by atoms with Crippen LogP contribution in [0.2, 0.25) is 0 Å². The second kappa shape index (κ2) is 9.94. The van der Waals surface area contributed by atoms with E-state index < -0.39 is 8.22 Å². The summed E-state index contributed by atoms with van der Waals surface area (Å²) in [6.07, 6.45) is 0. The molecule has 0 aliphatic rings. The van der Waals surface area contributed by atoms with Gasteiger partial charge >= 0.3 is 5.45 Å². The quantitative estimate of drug-likeness (QED) is 0.232. The fourth-order valence-electron chi connectivity index (χ4n) is 4.13. The Hall–Kier alpha value is -1.05. The largest absolute Gasteiger partial charge is 0.361 e. The molecule has 0 amide bonds. The highest BCUT2D eigenvalue weighted by Gasteiger charge is 2.43. The van der Waals surface area contributed by atoms with Gasteiger partial charge in [0.25, 0.3) is 0 Å². The molecule has 0 radical (unpaired) electrons. The van der Waals surface area contributed by atoms with Crippen molar-refractivity contribution in [3.05, 3.63) is 39.9 Å². The minimum atomic E-state index is -0.961. The van der Waals surface area contributed by atoms with Gasteiger partial charge in [-0.2, -0.15) is 4.79 Å². The molecular weight excluding hydrogens is 351 g/mol. The van der Waals surface area contributed by atoms with Crippen molar-refractivity contribution in [1.82, 2.24) is 9.34 Å². The summed E-state index contributed by atoms with van der Waals surface area (Å²) in [5.74, 6) is 0. The zero-order valence-electron chi connectivity index (χ0n) is 19.2. The van der Waals surface area contributed by atoms with Crippen LogP contribution in [0.1, 0.15) is 77.6 Å². The summed E-state index contributed by atoms with van der Waals surface area (Å²) in [5.41, 5.74) is 15.7. The van der Waals surface area contributed by atoms with Crippen LogP contribution >= 0.6 is 8.22 Å². The monoisotopic (exact) mass is 390 g/mol. The van der Waals surface area contributed by atoms with Gasteiger partial charge in [-0.25, -0.2) is 0 Å². The third-order valence-electron chi connectivity index (χ3n) is 4.74. The molecule has 1 aromatic rings. The van der Waals surface area contributed by atoms with Gasteiger partial charge in [-0.05, 0) is 87.3 Å². The first-order valence-corrected chi connectivity index (χ1v) is 11.4. The van der Waals surface area contributed by atoms with E-state index in [1.54, 1.807) is 0 Å². The van der Waals surface area contributed by atoms with Crippen LogP contribution in [0.15, 0.2) is 12.1 Å². The highest BCUT2D eigenvalue weighted by Crippen LogP contribution is 2.52. The average Bonchev–Trinajstić information content (AvgIpc) is 2.48. The molecule has 0 N–H and O–H groups in total. The molecule has 0 saturated heterocycles. The molecule has 1 aromatic carbocycles. The summed E-state index contributed by atoms with van der Waals surface area (Å²) in [6, 6.07) is 5.76. The highest BCUT2D eigenvalue weighted by atomic mass is 31.1. The molecule has 1 rings (SSSR count). The first-order valence-electron chi connectivity index (χ1n) is 10.1. The number of nitrogens with zero attached hydrogens (tertiary/aromatic N) is 4. The van der Waals surface area contributed by atoms with Crippen LogP contribution in [-0.2, 0) is 0 Å². The molecule has 152 valence electrons. The van der Waals surface area contributed by atoms with Gasteiger partial charge in [0.15, 0.2) is 8.22 Å². The van der Waals surface area contributed by atoms with E-state index in [-0.39, 0.29) is 0 Å². The predicted molar refractivity (Wildman–Crippen MR) is 120 cm³/mol. The molecule has 0 spiro atoms. The smallest absolute Gasteiger partial charge is 0.348 e. The number of hydrogen-bond acceptors (Lipinski definition) is 2. The maximum absolute atomic E-state index is 10.2. The fraction of sp³-hybridized carbons (Fsp3) is 0.682. The van der Waals surface area contributed by atoms with Crippen LogP contribution in [0, 0.1) is 20.8 Å². The van der Waals surface area contributed by atoms with Crippen LogP contribution in [0.3, 0.4) is 0 Å². The van der Waals surface area contributed by atoms with Crippen molar-refractivity contribution in [2.45, 2.75) is 100 Å². The van der Waals surface area contributed by atoms with E-state index in [0.29, 0.717) is 24.2 Å². The number of aryl methyl sites for hydroxylation is 3. The van der Waals surface area contributed by atoms with Gasteiger partial charge in [0, 0.05) is 24.2 Å². The Bertz CT molecular complexity index is 629. The second-order valence-electron chi connectivity index (χ2n) is 8.62. The van der Waals surface area contributed by atoms with Crippen molar-refractivity contribution in [2.24, 2.45) is 0 Å². The molecule has 0 heterocycles.